The molecule has 1 amide bonds. The number of amides is 1. The van der Waals surface area contributed by atoms with Gasteiger partial charge in [0.05, 0.1) is 16.9 Å². The first-order chi connectivity index (χ1) is 15.3. The van der Waals surface area contributed by atoms with Crippen molar-refractivity contribution in [2.75, 3.05) is 17.7 Å². The van der Waals surface area contributed by atoms with E-state index in [1.807, 2.05) is 41.1 Å². The maximum absolute atomic E-state index is 12.7. The maximum Gasteiger partial charge on any atom is 0.257 e. The van der Waals surface area contributed by atoms with Crippen molar-refractivity contribution in [3.05, 3.63) is 94.4 Å². The van der Waals surface area contributed by atoms with Crippen LogP contribution in [0.5, 0.6) is 0 Å². The lowest BCUT2D eigenvalue weighted by atomic mass is 10.1. The lowest BCUT2D eigenvalue weighted by Crippen LogP contribution is -2.14. The van der Waals surface area contributed by atoms with E-state index in [-0.39, 0.29) is 5.91 Å². The molecule has 0 radical (unpaired) electrons. The molecule has 0 fully saturated rings. The summed E-state index contributed by atoms with van der Waals surface area (Å²) >= 11 is 1.60. The second kappa shape index (κ2) is 9.09. The normalized spacial score (nSPS) is 12.8. The molecule has 162 valence electrons. The number of anilines is 2. The Morgan fingerprint density at radius 2 is 1.94 bits per heavy atom. The number of pyridine rings is 1. The standard InChI is InChI=1S/C24H22N3O3PS/c1-31(29,30)23-5-3-2-4-17(23)12-20-8-6-18(14-26-20)24(28)27-22-13-16(7-9-21(22)25)19-10-11-32-15-19/h2-11,13-15H,12,25H2,1H3,(H,27,28)(H,29,30). The molecule has 4 rings (SSSR count). The van der Waals surface area contributed by atoms with Crippen molar-refractivity contribution in [3.63, 3.8) is 0 Å². The van der Waals surface area contributed by atoms with E-state index in [4.69, 9.17) is 5.73 Å². The summed E-state index contributed by atoms with van der Waals surface area (Å²) < 4.78 is 12.1. The fourth-order valence-electron chi connectivity index (χ4n) is 3.39. The molecule has 0 saturated heterocycles. The monoisotopic (exact) mass is 463 g/mol. The van der Waals surface area contributed by atoms with Crippen molar-refractivity contribution in [1.82, 2.24) is 4.98 Å². The maximum atomic E-state index is 12.7. The van der Waals surface area contributed by atoms with E-state index < -0.39 is 7.37 Å². The van der Waals surface area contributed by atoms with E-state index in [0.29, 0.717) is 34.4 Å². The van der Waals surface area contributed by atoms with Gasteiger partial charge in [0.1, 0.15) is 0 Å². The lowest BCUT2D eigenvalue weighted by molar-refractivity contribution is 0.102. The highest BCUT2D eigenvalue weighted by atomic mass is 32.1. The highest BCUT2D eigenvalue weighted by Gasteiger charge is 2.18. The van der Waals surface area contributed by atoms with Crippen LogP contribution in [-0.2, 0) is 11.0 Å². The molecule has 0 bridgehead atoms. The number of nitrogens with one attached hydrogen (secondary N) is 1. The average Bonchev–Trinajstić information content (AvgIpc) is 3.30. The van der Waals surface area contributed by atoms with Crippen LogP contribution in [0.1, 0.15) is 21.6 Å². The van der Waals surface area contributed by atoms with E-state index in [2.05, 4.69) is 10.3 Å². The zero-order valence-electron chi connectivity index (χ0n) is 17.4. The van der Waals surface area contributed by atoms with Crippen LogP contribution in [0.25, 0.3) is 11.1 Å². The second-order valence-corrected chi connectivity index (χ2v) is 10.5. The fraction of sp³-hybridized carbons (Fsp3) is 0.0833. The third-order valence-electron chi connectivity index (χ3n) is 5.05. The van der Waals surface area contributed by atoms with Gasteiger partial charge in [-0.1, -0.05) is 24.3 Å². The summed E-state index contributed by atoms with van der Waals surface area (Å²) in [6.07, 6.45) is 1.89. The van der Waals surface area contributed by atoms with Gasteiger partial charge in [0.2, 0.25) is 7.37 Å². The molecule has 0 saturated carbocycles. The highest BCUT2D eigenvalue weighted by molar-refractivity contribution is 7.65. The molecule has 32 heavy (non-hydrogen) atoms. The number of nitrogens with two attached hydrogens (primary N) is 1. The quantitative estimate of drug-likeness (QED) is 0.282. The molecule has 0 aliphatic heterocycles. The van der Waals surface area contributed by atoms with Gasteiger partial charge in [0.15, 0.2) is 0 Å². The predicted octanol–water partition coefficient (Wildman–Crippen LogP) is 4.76. The number of thiophene rings is 1. The minimum absolute atomic E-state index is 0.313. The van der Waals surface area contributed by atoms with Crippen LogP contribution in [0.15, 0.2) is 77.6 Å². The average molecular weight is 463 g/mol. The molecule has 0 aliphatic carbocycles. The Morgan fingerprint density at radius 3 is 2.62 bits per heavy atom. The van der Waals surface area contributed by atoms with Gasteiger partial charge < -0.3 is 15.9 Å². The number of nitrogens with zero attached hydrogens (tertiary/aromatic N) is 1. The topological polar surface area (TPSA) is 105 Å². The molecule has 1 unspecified atom stereocenters. The highest BCUT2D eigenvalue weighted by Crippen LogP contribution is 2.35. The molecule has 0 aliphatic rings. The van der Waals surface area contributed by atoms with Gasteiger partial charge in [-0.3, -0.25) is 14.3 Å². The van der Waals surface area contributed by atoms with Crippen LogP contribution in [-0.4, -0.2) is 22.4 Å². The minimum atomic E-state index is -3.39. The molecule has 2 aromatic heterocycles. The SMILES string of the molecule is CP(=O)(O)c1ccccc1Cc1ccc(C(=O)Nc2cc(-c3ccsc3)ccc2N)cn1. The van der Waals surface area contributed by atoms with E-state index in [1.165, 1.54) is 12.9 Å². The summed E-state index contributed by atoms with van der Waals surface area (Å²) in [5.74, 6) is -0.313. The Balaban J connectivity index is 1.50. The van der Waals surface area contributed by atoms with Gasteiger partial charge in [-0.25, -0.2) is 0 Å². The van der Waals surface area contributed by atoms with E-state index in [0.717, 1.165) is 16.7 Å². The summed E-state index contributed by atoms with van der Waals surface area (Å²) in [5.41, 5.74) is 10.9. The van der Waals surface area contributed by atoms with Crippen molar-refractivity contribution in [2.45, 2.75) is 6.42 Å². The summed E-state index contributed by atoms with van der Waals surface area (Å²) in [6.45, 7) is 1.33. The zero-order chi connectivity index (χ0) is 22.7. The number of rotatable bonds is 6. The molecule has 2 aromatic carbocycles. The first-order valence-corrected chi connectivity index (χ1v) is 12.9. The van der Waals surface area contributed by atoms with E-state index in [1.54, 1.807) is 41.7 Å². The van der Waals surface area contributed by atoms with Crippen molar-refractivity contribution in [3.8, 4) is 11.1 Å². The van der Waals surface area contributed by atoms with Crippen LogP contribution < -0.4 is 16.4 Å². The van der Waals surface area contributed by atoms with Gasteiger partial charge in [-0.2, -0.15) is 11.3 Å². The van der Waals surface area contributed by atoms with Crippen LogP contribution in [0, 0.1) is 0 Å². The van der Waals surface area contributed by atoms with Crippen molar-refractivity contribution in [2.24, 2.45) is 0 Å². The molecule has 4 N–H and O–H groups in total. The summed E-state index contributed by atoms with van der Waals surface area (Å²) in [7, 11) is -3.39. The van der Waals surface area contributed by atoms with Gasteiger partial charge in [0.25, 0.3) is 5.91 Å². The lowest BCUT2D eigenvalue weighted by Gasteiger charge is -2.12. The van der Waals surface area contributed by atoms with Crippen LogP contribution in [0.4, 0.5) is 11.4 Å². The first kappa shape index (κ1) is 22.0. The van der Waals surface area contributed by atoms with Gasteiger partial charge in [-0.15, -0.1) is 0 Å². The Bertz CT molecular complexity index is 1300. The van der Waals surface area contributed by atoms with Crippen molar-refractivity contribution >= 4 is 41.3 Å². The molecule has 4 aromatic rings. The zero-order valence-corrected chi connectivity index (χ0v) is 19.1. The minimum Gasteiger partial charge on any atom is -0.397 e. The molecular weight excluding hydrogens is 441 g/mol. The number of carbonyl (C=O) groups is 1. The third kappa shape index (κ3) is 4.97. The van der Waals surface area contributed by atoms with E-state index in [9.17, 15) is 14.3 Å². The number of nitrogen functional groups attached to an aromatic ring is 1. The summed E-state index contributed by atoms with van der Waals surface area (Å²) in [4.78, 5) is 27.1. The van der Waals surface area contributed by atoms with Crippen molar-refractivity contribution < 1.29 is 14.3 Å². The Morgan fingerprint density at radius 1 is 1.12 bits per heavy atom. The Kier molecular flexibility index (Phi) is 6.24. The Labute approximate surface area is 190 Å². The summed E-state index contributed by atoms with van der Waals surface area (Å²) in [5, 5.41) is 7.31. The largest absolute Gasteiger partial charge is 0.397 e. The Hall–Kier alpha value is -3.25. The second-order valence-electron chi connectivity index (χ2n) is 7.49. The van der Waals surface area contributed by atoms with Crippen LogP contribution >= 0.6 is 18.7 Å². The number of aromatic nitrogens is 1. The van der Waals surface area contributed by atoms with Crippen molar-refractivity contribution in [1.29, 1.82) is 0 Å². The number of benzene rings is 2. The third-order valence-corrected chi connectivity index (χ3v) is 7.07. The van der Waals surface area contributed by atoms with Gasteiger partial charge in [-0.05, 0) is 63.8 Å². The molecular formula is C24H22N3O3PS. The molecule has 8 heteroatoms. The smallest absolute Gasteiger partial charge is 0.257 e. The van der Waals surface area contributed by atoms with Gasteiger partial charge >= 0.3 is 0 Å². The molecule has 0 spiro atoms. The summed E-state index contributed by atoms with van der Waals surface area (Å²) in [6, 6.07) is 18.0. The first-order valence-electron chi connectivity index (χ1n) is 9.88. The van der Waals surface area contributed by atoms with Crippen LogP contribution in [0.2, 0.25) is 0 Å². The van der Waals surface area contributed by atoms with Crippen LogP contribution in [0.3, 0.4) is 0 Å². The molecule has 1 atom stereocenters. The molecule has 6 nitrogen and oxygen atoms in total. The number of carbonyl (C=O) groups excluding carboxylic acids is 1. The van der Waals surface area contributed by atoms with Gasteiger partial charge in [0, 0.05) is 30.3 Å². The molecule has 2 heterocycles. The number of hydrogen-bond acceptors (Lipinski definition) is 5. The number of hydrogen-bond donors (Lipinski definition) is 3. The predicted molar refractivity (Wildman–Crippen MR) is 131 cm³/mol. The fourth-order valence-corrected chi connectivity index (χ4v) is 5.11. The van der Waals surface area contributed by atoms with E-state index >= 15 is 0 Å².